The molecule has 0 unspecified atom stereocenters. The highest BCUT2D eigenvalue weighted by molar-refractivity contribution is 7.89. The van der Waals surface area contributed by atoms with Gasteiger partial charge in [0.2, 0.25) is 5.88 Å². The number of rotatable bonds is 3. The van der Waals surface area contributed by atoms with Crippen molar-refractivity contribution in [2.45, 2.75) is 5.75 Å². The maximum Gasteiger partial charge on any atom is 0.262 e. The lowest BCUT2D eigenvalue weighted by Gasteiger charge is -2.05. The minimum Gasteiger partial charge on any atom is -0.493 e. The SMILES string of the molecule is CS(=O)(=O)Cc1nc(O)c(-c2ccc(F)cc2)c(=O)[nH]1. The Morgan fingerprint density at radius 3 is 2.40 bits per heavy atom. The third-order valence-electron chi connectivity index (χ3n) is 2.48. The summed E-state index contributed by atoms with van der Waals surface area (Å²) in [5.74, 6) is -1.72. The van der Waals surface area contributed by atoms with Gasteiger partial charge in [-0.3, -0.25) is 4.79 Å². The van der Waals surface area contributed by atoms with Gasteiger partial charge >= 0.3 is 0 Å². The van der Waals surface area contributed by atoms with Crippen LogP contribution in [-0.4, -0.2) is 29.7 Å². The Balaban J connectivity index is 2.52. The van der Waals surface area contributed by atoms with Crippen molar-refractivity contribution in [2.75, 3.05) is 6.26 Å². The van der Waals surface area contributed by atoms with E-state index in [1.807, 2.05) is 0 Å². The van der Waals surface area contributed by atoms with Gasteiger partial charge in [0.15, 0.2) is 9.84 Å². The predicted octanol–water partition coefficient (Wildman–Crippen LogP) is 0.826. The second-order valence-corrected chi connectivity index (χ2v) is 6.43. The number of hydrogen-bond acceptors (Lipinski definition) is 5. The van der Waals surface area contributed by atoms with E-state index in [0.29, 0.717) is 0 Å². The van der Waals surface area contributed by atoms with Crippen LogP contribution in [0.5, 0.6) is 5.88 Å². The van der Waals surface area contributed by atoms with Crippen LogP contribution < -0.4 is 5.56 Å². The van der Waals surface area contributed by atoms with Gasteiger partial charge in [-0.05, 0) is 17.7 Å². The van der Waals surface area contributed by atoms with Gasteiger partial charge < -0.3 is 10.1 Å². The van der Waals surface area contributed by atoms with Crippen LogP contribution in [0.15, 0.2) is 29.1 Å². The third kappa shape index (κ3) is 3.21. The lowest BCUT2D eigenvalue weighted by atomic mass is 10.1. The van der Waals surface area contributed by atoms with E-state index in [-0.39, 0.29) is 17.0 Å². The standard InChI is InChI=1S/C12H11FN2O4S/c1-20(18,19)6-9-14-11(16)10(12(17)15-9)7-2-4-8(13)5-3-7/h2-5H,6H2,1H3,(H2,14,15,16,17). The summed E-state index contributed by atoms with van der Waals surface area (Å²) in [6.45, 7) is 0. The Kier molecular flexibility index (Phi) is 3.58. The molecule has 0 aliphatic heterocycles. The van der Waals surface area contributed by atoms with E-state index < -0.39 is 32.8 Å². The van der Waals surface area contributed by atoms with Gasteiger partial charge in [-0.2, -0.15) is 4.98 Å². The maximum absolute atomic E-state index is 12.8. The highest BCUT2D eigenvalue weighted by atomic mass is 32.2. The number of sulfone groups is 1. The van der Waals surface area contributed by atoms with Crippen molar-refractivity contribution < 1.29 is 17.9 Å². The quantitative estimate of drug-likeness (QED) is 0.874. The molecule has 1 aromatic carbocycles. The van der Waals surface area contributed by atoms with E-state index in [1.165, 1.54) is 12.1 Å². The molecule has 0 spiro atoms. The van der Waals surface area contributed by atoms with Gasteiger partial charge in [-0.25, -0.2) is 12.8 Å². The first kappa shape index (κ1) is 14.2. The average molecular weight is 298 g/mol. The largest absolute Gasteiger partial charge is 0.493 e. The Labute approximate surface area is 113 Å². The van der Waals surface area contributed by atoms with Gasteiger partial charge in [-0.15, -0.1) is 0 Å². The van der Waals surface area contributed by atoms with Crippen LogP contribution in [0.4, 0.5) is 4.39 Å². The molecule has 20 heavy (non-hydrogen) atoms. The fourth-order valence-electron chi connectivity index (χ4n) is 1.70. The Morgan fingerprint density at radius 1 is 1.30 bits per heavy atom. The van der Waals surface area contributed by atoms with Crippen molar-refractivity contribution in [3.05, 3.63) is 46.3 Å². The summed E-state index contributed by atoms with van der Waals surface area (Å²) in [6.07, 6.45) is 0.984. The fraction of sp³-hybridized carbons (Fsp3) is 0.167. The van der Waals surface area contributed by atoms with Crippen molar-refractivity contribution in [3.8, 4) is 17.0 Å². The van der Waals surface area contributed by atoms with Crippen molar-refractivity contribution in [3.63, 3.8) is 0 Å². The van der Waals surface area contributed by atoms with Crippen LogP contribution >= 0.6 is 0 Å². The summed E-state index contributed by atoms with van der Waals surface area (Å²) in [7, 11) is -3.39. The number of benzene rings is 1. The van der Waals surface area contributed by atoms with Crippen LogP contribution in [0.2, 0.25) is 0 Å². The summed E-state index contributed by atoms with van der Waals surface area (Å²) in [5.41, 5.74) is -0.548. The van der Waals surface area contributed by atoms with E-state index in [1.54, 1.807) is 0 Å². The first-order valence-corrected chi connectivity index (χ1v) is 7.58. The van der Waals surface area contributed by atoms with Crippen molar-refractivity contribution in [2.24, 2.45) is 0 Å². The van der Waals surface area contributed by atoms with Crippen LogP contribution in [-0.2, 0) is 15.6 Å². The molecule has 0 fully saturated rings. The molecule has 0 atom stereocenters. The number of aromatic amines is 1. The minimum atomic E-state index is -3.39. The van der Waals surface area contributed by atoms with Gasteiger partial charge in [0.1, 0.15) is 23.0 Å². The highest BCUT2D eigenvalue weighted by Gasteiger charge is 2.15. The van der Waals surface area contributed by atoms with E-state index in [4.69, 9.17) is 0 Å². The molecular formula is C12H11FN2O4S. The van der Waals surface area contributed by atoms with Crippen molar-refractivity contribution in [1.29, 1.82) is 0 Å². The number of H-pyrrole nitrogens is 1. The normalized spacial score (nSPS) is 11.5. The lowest BCUT2D eigenvalue weighted by molar-refractivity contribution is 0.451. The molecule has 0 amide bonds. The zero-order valence-electron chi connectivity index (χ0n) is 10.4. The molecule has 6 nitrogen and oxygen atoms in total. The van der Waals surface area contributed by atoms with E-state index in [9.17, 15) is 22.7 Å². The Hall–Kier alpha value is -2.22. The molecule has 0 saturated heterocycles. The number of aromatic nitrogens is 2. The summed E-state index contributed by atoms with van der Waals surface area (Å²) in [4.78, 5) is 17.8. The van der Waals surface area contributed by atoms with Gasteiger partial charge in [0.05, 0.1) is 0 Å². The number of hydrogen-bond donors (Lipinski definition) is 2. The zero-order chi connectivity index (χ0) is 14.9. The highest BCUT2D eigenvalue weighted by Crippen LogP contribution is 2.23. The summed E-state index contributed by atoms with van der Waals surface area (Å²) < 4.78 is 35.1. The average Bonchev–Trinajstić information content (AvgIpc) is 2.28. The zero-order valence-corrected chi connectivity index (χ0v) is 11.2. The number of aromatic hydroxyl groups is 1. The Morgan fingerprint density at radius 2 is 1.90 bits per heavy atom. The maximum atomic E-state index is 12.8. The van der Waals surface area contributed by atoms with Gasteiger partial charge in [0.25, 0.3) is 5.56 Å². The van der Waals surface area contributed by atoms with E-state index in [0.717, 1.165) is 18.4 Å². The molecule has 2 N–H and O–H groups in total. The third-order valence-corrected chi connectivity index (χ3v) is 3.28. The minimum absolute atomic E-state index is 0.137. The van der Waals surface area contributed by atoms with Crippen LogP contribution in [0.1, 0.15) is 5.82 Å². The van der Waals surface area contributed by atoms with Crippen molar-refractivity contribution in [1.82, 2.24) is 9.97 Å². The fourth-order valence-corrected chi connectivity index (χ4v) is 2.33. The van der Waals surface area contributed by atoms with E-state index >= 15 is 0 Å². The molecule has 106 valence electrons. The lowest BCUT2D eigenvalue weighted by Crippen LogP contribution is -2.16. The smallest absolute Gasteiger partial charge is 0.262 e. The number of nitrogens with zero attached hydrogens (tertiary/aromatic N) is 1. The van der Waals surface area contributed by atoms with E-state index in [2.05, 4.69) is 9.97 Å². The second-order valence-electron chi connectivity index (χ2n) is 4.29. The van der Waals surface area contributed by atoms with Gasteiger partial charge in [0, 0.05) is 6.26 Å². The summed E-state index contributed by atoms with van der Waals surface area (Å²) >= 11 is 0. The second kappa shape index (κ2) is 5.04. The van der Waals surface area contributed by atoms with Crippen LogP contribution in [0.25, 0.3) is 11.1 Å². The molecule has 0 radical (unpaired) electrons. The molecule has 2 aromatic rings. The molecule has 1 heterocycles. The molecule has 0 bridgehead atoms. The number of nitrogens with one attached hydrogen (secondary N) is 1. The first-order valence-electron chi connectivity index (χ1n) is 5.52. The van der Waals surface area contributed by atoms with Crippen LogP contribution in [0.3, 0.4) is 0 Å². The molecule has 0 aliphatic rings. The topological polar surface area (TPSA) is 100 Å². The monoisotopic (exact) mass is 298 g/mol. The molecule has 1 aromatic heterocycles. The van der Waals surface area contributed by atoms with Crippen LogP contribution in [0, 0.1) is 5.82 Å². The molecular weight excluding hydrogens is 287 g/mol. The number of halogens is 1. The first-order chi connectivity index (χ1) is 9.26. The summed E-state index contributed by atoms with van der Waals surface area (Å²) in [6, 6.07) is 4.91. The predicted molar refractivity (Wildman–Crippen MR) is 70.5 cm³/mol. The molecule has 0 saturated carbocycles. The summed E-state index contributed by atoms with van der Waals surface area (Å²) in [5, 5.41) is 9.77. The molecule has 2 rings (SSSR count). The molecule has 0 aliphatic carbocycles. The Bertz CT molecular complexity index is 797. The molecule has 8 heteroatoms. The van der Waals surface area contributed by atoms with Gasteiger partial charge in [-0.1, -0.05) is 12.1 Å². The van der Waals surface area contributed by atoms with Crippen molar-refractivity contribution >= 4 is 9.84 Å².